The topological polar surface area (TPSA) is 29.1 Å². The van der Waals surface area contributed by atoms with Gasteiger partial charge in [0.05, 0.1) is 0 Å². The van der Waals surface area contributed by atoms with Crippen molar-refractivity contribution in [2.24, 2.45) is 5.92 Å². The van der Waals surface area contributed by atoms with Crippen LogP contribution in [0.25, 0.3) is 0 Å². The van der Waals surface area contributed by atoms with E-state index in [0.29, 0.717) is 11.8 Å². The third-order valence-electron chi connectivity index (χ3n) is 4.80. The molecular formula is C18H25NO. The lowest BCUT2D eigenvalue weighted by Crippen LogP contribution is -2.27. The van der Waals surface area contributed by atoms with Gasteiger partial charge in [-0.25, -0.2) is 0 Å². The first kappa shape index (κ1) is 13.7. The third kappa shape index (κ3) is 3.05. The fraction of sp³-hybridized carbons (Fsp3) is 0.611. The van der Waals surface area contributed by atoms with E-state index in [4.69, 9.17) is 0 Å². The van der Waals surface area contributed by atoms with Crippen LogP contribution in [0.5, 0.6) is 0 Å². The van der Waals surface area contributed by atoms with Gasteiger partial charge in [0, 0.05) is 12.5 Å². The molecule has 0 bridgehead atoms. The summed E-state index contributed by atoms with van der Waals surface area (Å²) in [7, 11) is 0. The summed E-state index contributed by atoms with van der Waals surface area (Å²) in [6, 6.07) is 7.00. The highest BCUT2D eigenvalue weighted by Crippen LogP contribution is 2.34. The highest BCUT2D eigenvalue weighted by Gasteiger charge is 2.29. The lowest BCUT2D eigenvalue weighted by atomic mass is 9.80. The number of hydrogen-bond donors (Lipinski definition) is 1. The Morgan fingerprint density at radius 2 is 2.15 bits per heavy atom. The monoisotopic (exact) mass is 271 g/mol. The van der Waals surface area contributed by atoms with Gasteiger partial charge >= 0.3 is 0 Å². The molecule has 1 amide bonds. The van der Waals surface area contributed by atoms with Crippen molar-refractivity contribution in [3.05, 3.63) is 34.9 Å². The van der Waals surface area contributed by atoms with Crippen LogP contribution in [-0.2, 0) is 17.6 Å². The standard InChI is InChI=1S/C18H25NO/c1-2-13-6-7-14-4-3-5-15(17(14)12-13)10-11-19-18(20)16-8-9-16/h6-7,12,15-16H,2-5,8-11H2,1H3,(H,19,20). The second-order valence-electron chi connectivity index (χ2n) is 6.33. The molecule has 1 fully saturated rings. The average Bonchev–Trinajstić information content (AvgIpc) is 3.31. The summed E-state index contributed by atoms with van der Waals surface area (Å²) in [5, 5.41) is 3.11. The summed E-state index contributed by atoms with van der Waals surface area (Å²) in [6.45, 7) is 3.06. The van der Waals surface area contributed by atoms with Crippen LogP contribution in [0.1, 0.15) is 61.6 Å². The number of carbonyl (C=O) groups excluding carboxylic acids is 1. The van der Waals surface area contributed by atoms with Crippen LogP contribution in [-0.4, -0.2) is 12.5 Å². The minimum Gasteiger partial charge on any atom is -0.356 e. The zero-order valence-corrected chi connectivity index (χ0v) is 12.5. The van der Waals surface area contributed by atoms with Crippen molar-refractivity contribution in [3.63, 3.8) is 0 Å². The Morgan fingerprint density at radius 3 is 2.90 bits per heavy atom. The number of nitrogens with one attached hydrogen (secondary N) is 1. The van der Waals surface area contributed by atoms with E-state index in [1.165, 1.54) is 30.4 Å². The summed E-state index contributed by atoms with van der Waals surface area (Å²) in [5.41, 5.74) is 4.53. The molecular weight excluding hydrogens is 246 g/mol. The van der Waals surface area contributed by atoms with Gasteiger partial charge in [0.25, 0.3) is 0 Å². The van der Waals surface area contributed by atoms with Crippen LogP contribution >= 0.6 is 0 Å². The molecule has 0 heterocycles. The molecule has 20 heavy (non-hydrogen) atoms. The van der Waals surface area contributed by atoms with E-state index >= 15 is 0 Å². The van der Waals surface area contributed by atoms with E-state index in [0.717, 1.165) is 32.2 Å². The molecule has 2 aliphatic carbocycles. The van der Waals surface area contributed by atoms with Gasteiger partial charge in [-0.1, -0.05) is 25.1 Å². The summed E-state index contributed by atoms with van der Waals surface area (Å²) in [5.74, 6) is 1.26. The summed E-state index contributed by atoms with van der Waals surface area (Å²) >= 11 is 0. The largest absolute Gasteiger partial charge is 0.356 e. The molecule has 0 radical (unpaired) electrons. The van der Waals surface area contributed by atoms with Crippen molar-refractivity contribution >= 4 is 5.91 Å². The Kier molecular flexibility index (Phi) is 4.09. The van der Waals surface area contributed by atoms with Crippen LogP contribution < -0.4 is 5.32 Å². The fourth-order valence-electron chi connectivity index (χ4n) is 3.33. The predicted molar refractivity (Wildman–Crippen MR) is 81.8 cm³/mol. The summed E-state index contributed by atoms with van der Waals surface area (Å²) < 4.78 is 0. The van der Waals surface area contributed by atoms with Crippen molar-refractivity contribution in [2.45, 2.75) is 57.8 Å². The Balaban J connectivity index is 1.61. The number of hydrogen-bond acceptors (Lipinski definition) is 1. The molecule has 0 aliphatic heterocycles. The molecule has 2 aliphatic rings. The molecule has 1 N–H and O–H groups in total. The highest BCUT2D eigenvalue weighted by molar-refractivity contribution is 5.80. The first-order valence-corrected chi connectivity index (χ1v) is 8.17. The van der Waals surface area contributed by atoms with Gasteiger partial charge in [-0.05, 0) is 67.6 Å². The number of carbonyl (C=O) groups is 1. The van der Waals surface area contributed by atoms with Crippen molar-refractivity contribution < 1.29 is 4.79 Å². The van der Waals surface area contributed by atoms with Crippen molar-refractivity contribution in [3.8, 4) is 0 Å². The molecule has 2 nitrogen and oxygen atoms in total. The lowest BCUT2D eigenvalue weighted by Gasteiger charge is -2.26. The molecule has 2 heteroatoms. The zero-order chi connectivity index (χ0) is 13.9. The van der Waals surface area contributed by atoms with Gasteiger partial charge < -0.3 is 5.32 Å². The molecule has 1 aromatic carbocycles. The van der Waals surface area contributed by atoms with E-state index in [9.17, 15) is 4.79 Å². The van der Waals surface area contributed by atoms with Gasteiger partial charge in [-0.2, -0.15) is 0 Å². The molecule has 108 valence electrons. The first-order valence-electron chi connectivity index (χ1n) is 8.17. The molecule has 1 saturated carbocycles. The fourth-order valence-corrected chi connectivity index (χ4v) is 3.33. The molecule has 0 saturated heterocycles. The number of amides is 1. The van der Waals surface area contributed by atoms with Gasteiger partial charge in [0.1, 0.15) is 0 Å². The van der Waals surface area contributed by atoms with Crippen LogP contribution in [0, 0.1) is 5.92 Å². The summed E-state index contributed by atoms with van der Waals surface area (Å²) in [4.78, 5) is 11.7. The van der Waals surface area contributed by atoms with Crippen molar-refractivity contribution in [1.29, 1.82) is 0 Å². The molecule has 0 aromatic heterocycles. The number of fused-ring (bicyclic) bond motifs is 1. The number of benzene rings is 1. The van der Waals surface area contributed by atoms with E-state index < -0.39 is 0 Å². The van der Waals surface area contributed by atoms with Crippen LogP contribution in [0.15, 0.2) is 18.2 Å². The Morgan fingerprint density at radius 1 is 1.30 bits per heavy atom. The maximum absolute atomic E-state index is 11.7. The minimum atomic E-state index is 0.281. The van der Waals surface area contributed by atoms with E-state index in [-0.39, 0.29) is 5.91 Å². The van der Waals surface area contributed by atoms with E-state index in [1.54, 1.807) is 5.56 Å². The third-order valence-corrected chi connectivity index (χ3v) is 4.80. The lowest BCUT2D eigenvalue weighted by molar-refractivity contribution is -0.122. The van der Waals surface area contributed by atoms with Gasteiger partial charge in [-0.3, -0.25) is 4.79 Å². The number of rotatable bonds is 5. The minimum absolute atomic E-state index is 0.281. The Labute approximate surface area is 122 Å². The maximum Gasteiger partial charge on any atom is 0.223 e. The zero-order valence-electron chi connectivity index (χ0n) is 12.5. The van der Waals surface area contributed by atoms with Gasteiger partial charge in [0.15, 0.2) is 0 Å². The SMILES string of the molecule is CCc1ccc2c(c1)C(CCNC(=O)C1CC1)CCC2. The average molecular weight is 271 g/mol. The Hall–Kier alpha value is -1.31. The normalized spacial score (nSPS) is 21.4. The number of aryl methyl sites for hydroxylation is 2. The molecule has 1 unspecified atom stereocenters. The van der Waals surface area contributed by atoms with Gasteiger partial charge in [0.2, 0.25) is 5.91 Å². The molecule has 1 aromatic rings. The Bertz CT molecular complexity index is 490. The molecule has 0 spiro atoms. The maximum atomic E-state index is 11.7. The second-order valence-corrected chi connectivity index (χ2v) is 6.33. The van der Waals surface area contributed by atoms with Gasteiger partial charge in [-0.15, -0.1) is 0 Å². The predicted octanol–water partition coefficient (Wildman–Crippen LogP) is 3.59. The van der Waals surface area contributed by atoms with Crippen molar-refractivity contribution in [2.75, 3.05) is 6.54 Å². The van der Waals surface area contributed by atoms with Crippen LogP contribution in [0.3, 0.4) is 0 Å². The quantitative estimate of drug-likeness (QED) is 0.871. The van der Waals surface area contributed by atoms with Crippen LogP contribution in [0.4, 0.5) is 0 Å². The van der Waals surface area contributed by atoms with Crippen molar-refractivity contribution in [1.82, 2.24) is 5.32 Å². The molecule has 1 atom stereocenters. The molecule has 3 rings (SSSR count). The second kappa shape index (κ2) is 5.99. The van der Waals surface area contributed by atoms with E-state index in [2.05, 4.69) is 30.4 Å². The smallest absolute Gasteiger partial charge is 0.223 e. The first-order chi connectivity index (χ1) is 9.78. The van der Waals surface area contributed by atoms with Crippen LogP contribution in [0.2, 0.25) is 0 Å². The van der Waals surface area contributed by atoms with E-state index in [1.807, 2.05) is 0 Å². The highest BCUT2D eigenvalue weighted by atomic mass is 16.2. The summed E-state index contributed by atoms with van der Waals surface area (Å²) in [6.07, 6.45) is 8.19.